The molecule has 0 fully saturated rings. The van der Waals surface area contributed by atoms with Crippen LogP contribution in [0.3, 0.4) is 0 Å². The summed E-state index contributed by atoms with van der Waals surface area (Å²) in [4.78, 5) is 63.3. The first-order valence-electron chi connectivity index (χ1n) is 13.9. The van der Waals surface area contributed by atoms with Crippen LogP contribution in [0.15, 0.2) is 36.4 Å². The summed E-state index contributed by atoms with van der Waals surface area (Å²) >= 11 is 0. The van der Waals surface area contributed by atoms with Crippen molar-refractivity contribution in [2.75, 3.05) is 47.1 Å². The minimum absolute atomic E-state index is 0.0246. The molecular formula is C31H40N2O11. The number of benzene rings is 2. The highest BCUT2D eigenvalue weighted by molar-refractivity contribution is 6.03. The maximum Gasteiger partial charge on any atom is 0.341 e. The molecule has 2 aromatic carbocycles. The first kappa shape index (κ1) is 35.5. The summed E-state index contributed by atoms with van der Waals surface area (Å²) in [5.41, 5.74) is -0.474. The minimum atomic E-state index is -0.908. The van der Waals surface area contributed by atoms with E-state index in [9.17, 15) is 24.0 Å². The molecule has 13 heteroatoms. The Hall–Kier alpha value is -4.65. The zero-order valence-electron chi connectivity index (χ0n) is 26.1. The molecule has 13 nitrogen and oxygen atoms in total. The topological polar surface area (TPSA) is 165 Å². The highest BCUT2D eigenvalue weighted by Gasteiger charge is 2.25. The van der Waals surface area contributed by atoms with Crippen LogP contribution < -0.4 is 20.1 Å². The predicted molar refractivity (Wildman–Crippen MR) is 158 cm³/mol. The van der Waals surface area contributed by atoms with Crippen molar-refractivity contribution in [1.82, 2.24) is 10.6 Å². The summed E-state index contributed by atoms with van der Waals surface area (Å²) in [5.74, 6) is -3.10. The SMILES string of the molecule is CCOC(=O)c1cccc(C(=O)NCC(CNC(=O)c2cccc(C(=O)OCC)c2OC)OCC(=O)OC(C)(C)C)c1OC. The number of para-hydroxylation sites is 2. The van der Waals surface area contributed by atoms with Crippen molar-refractivity contribution < 1.29 is 52.4 Å². The molecule has 0 spiro atoms. The highest BCUT2D eigenvalue weighted by Crippen LogP contribution is 2.26. The maximum absolute atomic E-state index is 13.1. The molecule has 2 amide bonds. The van der Waals surface area contributed by atoms with Crippen molar-refractivity contribution in [3.63, 3.8) is 0 Å². The molecule has 0 bridgehead atoms. The van der Waals surface area contributed by atoms with Crippen molar-refractivity contribution in [3.8, 4) is 11.5 Å². The number of amides is 2. The minimum Gasteiger partial charge on any atom is -0.495 e. The third kappa shape index (κ3) is 10.3. The van der Waals surface area contributed by atoms with E-state index in [1.54, 1.807) is 34.6 Å². The molecule has 0 saturated carbocycles. The lowest BCUT2D eigenvalue weighted by Crippen LogP contribution is -2.43. The molecule has 44 heavy (non-hydrogen) atoms. The van der Waals surface area contributed by atoms with Gasteiger partial charge in [-0.15, -0.1) is 0 Å². The van der Waals surface area contributed by atoms with Gasteiger partial charge in [-0.05, 0) is 58.9 Å². The molecule has 0 aromatic heterocycles. The molecule has 240 valence electrons. The van der Waals surface area contributed by atoms with Crippen molar-refractivity contribution in [2.24, 2.45) is 0 Å². The summed E-state index contributed by atoms with van der Waals surface area (Å²) < 4.78 is 31.7. The van der Waals surface area contributed by atoms with E-state index in [0.717, 1.165) is 0 Å². The Balaban J connectivity index is 2.24. The second-order valence-electron chi connectivity index (χ2n) is 10.2. The Labute approximate surface area is 256 Å². The van der Waals surface area contributed by atoms with Crippen LogP contribution in [0.25, 0.3) is 0 Å². The molecule has 0 radical (unpaired) electrons. The largest absolute Gasteiger partial charge is 0.495 e. The number of esters is 3. The Kier molecular flexibility index (Phi) is 13.6. The van der Waals surface area contributed by atoms with Gasteiger partial charge >= 0.3 is 17.9 Å². The fourth-order valence-electron chi connectivity index (χ4n) is 3.96. The molecule has 2 aromatic rings. The van der Waals surface area contributed by atoms with E-state index >= 15 is 0 Å². The summed E-state index contributed by atoms with van der Waals surface area (Å²) in [6.45, 7) is 7.93. The van der Waals surface area contributed by atoms with Crippen molar-refractivity contribution >= 4 is 29.7 Å². The number of methoxy groups -OCH3 is 2. The van der Waals surface area contributed by atoms with Crippen molar-refractivity contribution in [1.29, 1.82) is 0 Å². The van der Waals surface area contributed by atoms with Crippen LogP contribution in [0.5, 0.6) is 11.5 Å². The lowest BCUT2D eigenvalue weighted by Gasteiger charge is -2.22. The van der Waals surface area contributed by atoms with Crippen LogP contribution in [0, 0.1) is 0 Å². The Morgan fingerprint density at radius 2 is 1.11 bits per heavy atom. The molecule has 0 heterocycles. The highest BCUT2D eigenvalue weighted by atomic mass is 16.6. The molecule has 0 unspecified atom stereocenters. The average Bonchev–Trinajstić information content (AvgIpc) is 2.98. The summed E-state index contributed by atoms with van der Waals surface area (Å²) in [7, 11) is 2.64. The van der Waals surface area contributed by atoms with Gasteiger partial charge in [-0.3, -0.25) is 9.59 Å². The molecule has 0 aliphatic carbocycles. The molecule has 0 aliphatic heterocycles. The van der Waals surface area contributed by atoms with Gasteiger partial charge in [0.2, 0.25) is 0 Å². The standard InChI is InChI=1S/C31H40N2O11/c1-8-41-29(37)22-14-10-12-20(25(22)39-6)27(35)32-16-19(43-18-24(34)44-31(3,4)5)17-33-28(36)21-13-11-15-23(26(21)40-7)30(38)42-9-2/h10-15,19H,8-9,16-18H2,1-7H3,(H,32,35)(H,33,36). The number of hydrogen-bond acceptors (Lipinski definition) is 11. The predicted octanol–water partition coefficient (Wildman–Crippen LogP) is 2.94. The summed E-state index contributed by atoms with van der Waals surface area (Å²) in [6, 6.07) is 8.91. The summed E-state index contributed by atoms with van der Waals surface area (Å²) in [6.07, 6.45) is -0.908. The summed E-state index contributed by atoms with van der Waals surface area (Å²) in [5, 5.41) is 5.37. The fraction of sp³-hybridized carbons (Fsp3) is 0.452. The van der Waals surface area contributed by atoms with Crippen LogP contribution in [0.4, 0.5) is 0 Å². The van der Waals surface area contributed by atoms with Gasteiger partial charge in [0.15, 0.2) is 0 Å². The fourth-order valence-corrected chi connectivity index (χ4v) is 3.96. The number of rotatable bonds is 15. The third-order valence-electron chi connectivity index (χ3n) is 5.76. The second-order valence-corrected chi connectivity index (χ2v) is 10.2. The number of carbonyl (C=O) groups is 5. The van der Waals surface area contributed by atoms with Crippen LogP contribution >= 0.6 is 0 Å². The van der Waals surface area contributed by atoms with Gasteiger partial charge in [0.1, 0.15) is 34.8 Å². The molecule has 0 atom stereocenters. The normalized spacial score (nSPS) is 10.9. The zero-order chi connectivity index (χ0) is 32.9. The van der Waals surface area contributed by atoms with Gasteiger partial charge in [-0.2, -0.15) is 0 Å². The third-order valence-corrected chi connectivity index (χ3v) is 5.76. The first-order valence-corrected chi connectivity index (χ1v) is 13.9. The van der Waals surface area contributed by atoms with E-state index in [4.69, 9.17) is 28.4 Å². The Morgan fingerprint density at radius 3 is 1.48 bits per heavy atom. The zero-order valence-corrected chi connectivity index (χ0v) is 26.1. The molecule has 2 rings (SSSR count). The van der Waals surface area contributed by atoms with Gasteiger partial charge in [0.25, 0.3) is 11.8 Å². The van der Waals surface area contributed by atoms with E-state index in [0.29, 0.717) is 0 Å². The van der Waals surface area contributed by atoms with Crippen molar-refractivity contribution in [2.45, 2.75) is 46.3 Å². The lowest BCUT2D eigenvalue weighted by atomic mass is 10.1. The van der Waals surface area contributed by atoms with Gasteiger partial charge in [-0.1, -0.05) is 12.1 Å². The van der Waals surface area contributed by atoms with Crippen LogP contribution in [0.1, 0.15) is 76.1 Å². The quantitative estimate of drug-likeness (QED) is 0.223. The average molecular weight is 617 g/mol. The van der Waals surface area contributed by atoms with Gasteiger partial charge in [0, 0.05) is 13.1 Å². The van der Waals surface area contributed by atoms with Gasteiger partial charge < -0.3 is 39.1 Å². The van der Waals surface area contributed by atoms with Crippen LogP contribution in [-0.4, -0.2) is 88.6 Å². The number of nitrogens with one attached hydrogen (secondary N) is 2. The first-order chi connectivity index (χ1) is 20.9. The van der Waals surface area contributed by atoms with Gasteiger partial charge in [0.05, 0.1) is 44.7 Å². The van der Waals surface area contributed by atoms with Crippen LogP contribution in [-0.2, 0) is 23.7 Å². The van der Waals surface area contributed by atoms with Crippen LogP contribution in [0.2, 0.25) is 0 Å². The van der Waals surface area contributed by atoms with E-state index in [-0.39, 0.29) is 60.1 Å². The molecule has 0 saturated heterocycles. The number of ether oxygens (including phenoxy) is 6. The maximum atomic E-state index is 13.1. The lowest BCUT2D eigenvalue weighted by molar-refractivity contribution is -0.162. The number of carbonyl (C=O) groups excluding carboxylic acids is 5. The molecule has 2 N–H and O–H groups in total. The molecular weight excluding hydrogens is 576 g/mol. The Morgan fingerprint density at radius 1 is 0.705 bits per heavy atom. The van der Waals surface area contributed by atoms with Gasteiger partial charge in [-0.25, -0.2) is 14.4 Å². The van der Waals surface area contributed by atoms with E-state index < -0.39 is 48.0 Å². The second kappa shape index (κ2) is 16.8. The number of hydrogen-bond donors (Lipinski definition) is 2. The van der Waals surface area contributed by atoms with Crippen molar-refractivity contribution in [3.05, 3.63) is 58.7 Å². The van der Waals surface area contributed by atoms with E-state index in [1.165, 1.54) is 50.6 Å². The molecule has 0 aliphatic rings. The van der Waals surface area contributed by atoms with E-state index in [1.807, 2.05) is 0 Å². The van der Waals surface area contributed by atoms with E-state index in [2.05, 4.69) is 10.6 Å². The Bertz CT molecular complexity index is 1250. The monoisotopic (exact) mass is 616 g/mol. The smallest absolute Gasteiger partial charge is 0.341 e.